The van der Waals surface area contributed by atoms with Gasteiger partial charge < -0.3 is 5.11 Å². The van der Waals surface area contributed by atoms with Gasteiger partial charge in [-0.15, -0.1) is 0 Å². The van der Waals surface area contributed by atoms with E-state index in [9.17, 15) is 4.79 Å². The molecule has 1 N–H and O–H groups in total. The van der Waals surface area contributed by atoms with Crippen LogP contribution in [0.25, 0.3) is 0 Å². The molecule has 0 spiro atoms. The highest BCUT2D eigenvalue weighted by molar-refractivity contribution is 5.72. The minimum absolute atomic E-state index is 0.237. The predicted octanol–water partition coefficient (Wildman–Crippen LogP) is 3.39. The molecule has 1 aliphatic carbocycles. The molecule has 2 nitrogen and oxygen atoms in total. The van der Waals surface area contributed by atoms with E-state index >= 15 is 0 Å². The zero-order valence-electron chi connectivity index (χ0n) is 11.6. The van der Waals surface area contributed by atoms with Crippen molar-refractivity contribution in [2.75, 3.05) is 0 Å². The van der Waals surface area contributed by atoms with Crippen LogP contribution in [-0.2, 0) is 24.1 Å². The van der Waals surface area contributed by atoms with Gasteiger partial charge in [0.15, 0.2) is 0 Å². The first-order valence-electron chi connectivity index (χ1n) is 7.01. The molecule has 0 saturated carbocycles. The fourth-order valence-corrected chi connectivity index (χ4v) is 3.01. The lowest BCUT2D eigenvalue weighted by Gasteiger charge is -2.06. The average molecular weight is 266 g/mol. The summed E-state index contributed by atoms with van der Waals surface area (Å²) in [5.41, 5.74) is 6.25. The van der Waals surface area contributed by atoms with Crippen LogP contribution in [0.4, 0.5) is 0 Å². The summed E-state index contributed by atoms with van der Waals surface area (Å²) in [5.74, 6) is -0.916. The quantitative estimate of drug-likeness (QED) is 0.924. The Balaban J connectivity index is 1.81. The summed E-state index contributed by atoms with van der Waals surface area (Å²) in [7, 11) is 0. The van der Waals surface area contributed by atoms with Crippen LogP contribution in [0, 0.1) is 12.8 Å². The second kappa shape index (κ2) is 5.12. The van der Waals surface area contributed by atoms with Gasteiger partial charge in [0.25, 0.3) is 0 Å². The third-order valence-corrected chi connectivity index (χ3v) is 4.04. The Morgan fingerprint density at radius 2 is 1.85 bits per heavy atom. The molecule has 0 amide bonds. The highest BCUT2D eigenvalue weighted by Gasteiger charge is 2.26. The van der Waals surface area contributed by atoms with E-state index in [1.165, 1.54) is 27.8 Å². The molecule has 102 valence electrons. The van der Waals surface area contributed by atoms with Crippen molar-refractivity contribution in [3.8, 4) is 0 Å². The molecule has 1 aliphatic rings. The molecule has 20 heavy (non-hydrogen) atoms. The van der Waals surface area contributed by atoms with Crippen molar-refractivity contribution in [2.24, 2.45) is 5.92 Å². The van der Waals surface area contributed by atoms with Gasteiger partial charge in [0, 0.05) is 0 Å². The van der Waals surface area contributed by atoms with E-state index in [-0.39, 0.29) is 5.92 Å². The first-order valence-corrected chi connectivity index (χ1v) is 7.01. The molecule has 1 unspecified atom stereocenters. The second-order valence-electron chi connectivity index (χ2n) is 5.71. The fraction of sp³-hybridized carbons (Fsp3) is 0.278. The molecule has 3 rings (SSSR count). The van der Waals surface area contributed by atoms with Gasteiger partial charge in [-0.25, -0.2) is 0 Å². The van der Waals surface area contributed by atoms with Crippen LogP contribution in [0.3, 0.4) is 0 Å². The first-order chi connectivity index (χ1) is 9.61. The Morgan fingerprint density at radius 3 is 2.60 bits per heavy atom. The van der Waals surface area contributed by atoms with Crippen LogP contribution in [0.15, 0.2) is 42.5 Å². The normalized spacial score (nSPS) is 16.9. The Hall–Kier alpha value is -2.09. The maximum absolute atomic E-state index is 11.1. The van der Waals surface area contributed by atoms with Gasteiger partial charge >= 0.3 is 5.97 Å². The van der Waals surface area contributed by atoms with Crippen molar-refractivity contribution in [2.45, 2.75) is 26.2 Å². The standard InChI is InChI=1S/C18H18O2/c1-12-3-2-4-13(7-12)8-14-5-6-15-10-17(18(19)20)11-16(15)9-14/h2-7,9,17H,8,10-11H2,1H3,(H,19,20). The maximum Gasteiger partial charge on any atom is 0.307 e. The lowest BCUT2D eigenvalue weighted by atomic mass is 10.00. The van der Waals surface area contributed by atoms with E-state index < -0.39 is 5.97 Å². The SMILES string of the molecule is Cc1cccc(Cc2ccc3c(c2)CC(C(=O)O)C3)c1. The molecule has 0 aliphatic heterocycles. The topological polar surface area (TPSA) is 37.3 Å². The Labute approximate surface area is 119 Å². The maximum atomic E-state index is 11.1. The molecule has 2 aromatic rings. The smallest absolute Gasteiger partial charge is 0.307 e. The fourth-order valence-electron chi connectivity index (χ4n) is 3.01. The molecule has 0 fully saturated rings. The summed E-state index contributed by atoms with van der Waals surface area (Å²) < 4.78 is 0. The van der Waals surface area contributed by atoms with Crippen molar-refractivity contribution < 1.29 is 9.90 Å². The van der Waals surface area contributed by atoms with Gasteiger partial charge in [-0.05, 0) is 48.4 Å². The van der Waals surface area contributed by atoms with E-state index in [1.807, 2.05) is 0 Å². The van der Waals surface area contributed by atoms with Crippen molar-refractivity contribution in [1.29, 1.82) is 0 Å². The number of carboxylic acid groups (broad SMARTS) is 1. The molecule has 2 heteroatoms. The first kappa shape index (κ1) is 12.9. The zero-order valence-corrected chi connectivity index (χ0v) is 11.6. The molecule has 1 atom stereocenters. The third-order valence-electron chi connectivity index (χ3n) is 4.04. The van der Waals surface area contributed by atoms with Crippen molar-refractivity contribution >= 4 is 5.97 Å². The molecule has 0 radical (unpaired) electrons. The molecular weight excluding hydrogens is 248 g/mol. The number of aryl methyl sites for hydroxylation is 1. The van der Waals surface area contributed by atoms with Gasteiger partial charge in [-0.2, -0.15) is 0 Å². The van der Waals surface area contributed by atoms with Gasteiger partial charge in [0.1, 0.15) is 0 Å². The van der Waals surface area contributed by atoms with Crippen LogP contribution in [-0.4, -0.2) is 11.1 Å². The summed E-state index contributed by atoms with van der Waals surface area (Å²) in [4.78, 5) is 11.1. The Kier molecular flexibility index (Phi) is 3.31. The lowest BCUT2D eigenvalue weighted by molar-refractivity contribution is -0.141. The van der Waals surface area contributed by atoms with Crippen LogP contribution in [0.2, 0.25) is 0 Å². The number of aliphatic carboxylic acids is 1. The van der Waals surface area contributed by atoms with Crippen LogP contribution in [0.1, 0.15) is 27.8 Å². The minimum atomic E-state index is -0.679. The minimum Gasteiger partial charge on any atom is -0.481 e. The summed E-state index contributed by atoms with van der Waals surface area (Å²) in [6.45, 7) is 2.10. The van der Waals surface area contributed by atoms with Crippen LogP contribution < -0.4 is 0 Å². The summed E-state index contributed by atoms with van der Waals surface area (Å²) in [6.07, 6.45) is 2.26. The predicted molar refractivity (Wildman–Crippen MR) is 79.0 cm³/mol. The summed E-state index contributed by atoms with van der Waals surface area (Å²) in [5, 5.41) is 9.12. The van der Waals surface area contributed by atoms with E-state index in [1.54, 1.807) is 0 Å². The Morgan fingerprint density at radius 1 is 1.10 bits per heavy atom. The molecule has 0 heterocycles. The molecular formula is C18H18O2. The van der Waals surface area contributed by atoms with Crippen LogP contribution >= 0.6 is 0 Å². The molecule has 0 saturated heterocycles. The van der Waals surface area contributed by atoms with E-state index in [4.69, 9.17) is 5.11 Å². The number of benzene rings is 2. The monoisotopic (exact) mass is 266 g/mol. The van der Waals surface area contributed by atoms with Crippen molar-refractivity contribution in [1.82, 2.24) is 0 Å². The average Bonchev–Trinajstić information content (AvgIpc) is 2.82. The summed E-state index contributed by atoms with van der Waals surface area (Å²) >= 11 is 0. The number of rotatable bonds is 3. The largest absolute Gasteiger partial charge is 0.481 e. The lowest BCUT2D eigenvalue weighted by Crippen LogP contribution is -2.12. The molecule has 0 bridgehead atoms. The van der Waals surface area contributed by atoms with E-state index in [0.29, 0.717) is 12.8 Å². The highest BCUT2D eigenvalue weighted by Crippen LogP contribution is 2.28. The summed E-state index contributed by atoms with van der Waals surface area (Å²) in [6, 6.07) is 14.9. The van der Waals surface area contributed by atoms with Gasteiger partial charge in [0.2, 0.25) is 0 Å². The van der Waals surface area contributed by atoms with Crippen molar-refractivity contribution in [3.63, 3.8) is 0 Å². The second-order valence-corrected chi connectivity index (χ2v) is 5.71. The number of hydrogen-bond acceptors (Lipinski definition) is 1. The zero-order chi connectivity index (χ0) is 14.1. The van der Waals surface area contributed by atoms with Crippen molar-refractivity contribution in [3.05, 3.63) is 70.3 Å². The number of carboxylic acids is 1. The molecule has 0 aromatic heterocycles. The number of fused-ring (bicyclic) bond motifs is 1. The van der Waals surface area contributed by atoms with E-state index in [0.717, 1.165) is 6.42 Å². The Bertz CT molecular complexity index is 658. The van der Waals surface area contributed by atoms with Gasteiger partial charge in [-0.3, -0.25) is 4.79 Å². The van der Waals surface area contributed by atoms with Gasteiger partial charge in [0.05, 0.1) is 5.92 Å². The van der Waals surface area contributed by atoms with E-state index in [2.05, 4.69) is 49.4 Å². The number of carbonyl (C=O) groups is 1. The third kappa shape index (κ3) is 2.60. The highest BCUT2D eigenvalue weighted by atomic mass is 16.4. The molecule has 2 aromatic carbocycles. The van der Waals surface area contributed by atoms with Gasteiger partial charge in [-0.1, -0.05) is 48.0 Å². The number of hydrogen-bond donors (Lipinski definition) is 1. The van der Waals surface area contributed by atoms with Crippen LogP contribution in [0.5, 0.6) is 0 Å².